The molecule has 0 saturated carbocycles. The lowest BCUT2D eigenvalue weighted by atomic mass is 10.1. The highest BCUT2D eigenvalue weighted by molar-refractivity contribution is 7.92. The van der Waals surface area contributed by atoms with Gasteiger partial charge in [0.15, 0.2) is 0 Å². The Morgan fingerprint density at radius 1 is 0.872 bits per heavy atom. The average Bonchev–Trinajstić information content (AvgIpc) is 3.37. The molecule has 0 fully saturated rings. The number of sulfonamides is 1. The number of fused-ring (bicyclic) bond motifs is 1. The molecule has 1 unspecified atom stereocenters. The van der Waals surface area contributed by atoms with Crippen molar-refractivity contribution in [3.8, 4) is 5.69 Å². The summed E-state index contributed by atoms with van der Waals surface area (Å²) in [5.74, 6) is -1.52. The minimum Gasteiger partial charge on any atom is -0.336 e. The van der Waals surface area contributed by atoms with Crippen molar-refractivity contribution in [2.75, 3.05) is 0 Å². The molecule has 2 heterocycles. The van der Waals surface area contributed by atoms with E-state index in [2.05, 4.69) is 10.0 Å². The number of benzene rings is 3. The number of rotatable bonds is 7. The Labute approximate surface area is 232 Å². The van der Waals surface area contributed by atoms with Gasteiger partial charge in [-0.3, -0.25) is 19.0 Å². The average molecular weight is 578 g/mol. The summed E-state index contributed by atoms with van der Waals surface area (Å²) in [4.78, 5) is 38.5. The van der Waals surface area contributed by atoms with E-state index in [-0.39, 0.29) is 15.3 Å². The van der Waals surface area contributed by atoms with E-state index in [9.17, 15) is 22.8 Å². The second-order valence-corrected chi connectivity index (χ2v) is 11.9. The highest BCUT2D eigenvalue weighted by atomic mass is 35.5. The lowest BCUT2D eigenvalue weighted by Crippen LogP contribution is -2.42. The summed E-state index contributed by atoms with van der Waals surface area (Å²) in [7, 11) is -4.24. The molecule has 0 spiro atoms. The number of thiophene rings is 1. The monoisotopic (exact) mass is 577 g/mol. The molecule has 5 rings (SSSR count). The van der Waals surface area contributed by atoms with Crippen LogP contribution in [0.5, 0.6) is 0 Å². The van der Waals surface area contributed by atoms with Crippen LogP contribution >= 0.6 is 22.9 Å². The first-order chi connectivity index (χ1) is 18.7. The third kappa shape index (κ3) is 5.78. The van der Waals surface area contributed by atoms with Crippen LogP contribution in [0.2, 0.25) is 5.02 Å². The molecule has 0 aliphatic carbocycles. The molecule has 5 aromatic rings. The molecule has 0 aliphatic rings. The topological polar surface area (TPSA) is 114 Å². The predicted octanol–water partition coefficient (Wildman–Crippen LogP) is 4.68. The number of halogens is 1. The summed E-state index contributed by atoms with van der Waals surface area (Å²) in [6, 6.07) is 24.5. The SMILES string of the molecule is O=C(NC(C(=O)NS(=O)(=O)c1cc2ccc(Cl)cc2s1)c1ccccc1)c1ccc(-n2ccccc2=O)cc1. The Morgan fingerprint density at radius 3 is 2.31 bits per heavy atom. The van der Waals surface area contributed by atoms with Crippen molar-refractivity contribution in [1.82, 2.24) is 14.6 Å². The minimum absolute atomic E-state index is 0.0574. The van der Waals surface area contributed by atoms with Gasteiger partial charge in [-0.25, -0.2) is 13.1 Å². The van der Waals surface area contributed by atoms with Crippen LogP contribution in [0.25, 0.3) is 15.8 Å². The maximum Gasteiger partial charge on any atom is 0.273 e. The summed E-state index contributed by atoms with van der Waals surface area (Å²) in [5, 5.41) is 3.77. The van der Waals surface area contributed by atoms with Gasteiger partial charge >= 0.3 is 0 Å². The first kappa shape index (κ1) is 26.4. The summed E-state index contributed by atoms with van der Waals surface area (Å²) in [6.45, 7) is 0. The van der Waals surface area contributed by atoms with Crippen molar-refractivity contribution in [3.63, 3.8) is 0 Å². The highest BCUT2D eigenvalue weighted by Gasteiger charge is 2.29. The molecular weight excluding hydrogens is 558 g/mol. The fraction of sp³-hybridized carbons (Fsp3) is 0.0357. The van der Waals surface area contributed by atoms with Gasteiger partial charge in [0.05, 0.1) is 0 Å². The molecular formula is C28H20ClN3O5S2. The third-order valence-corrected chi connectivity index (χ3v) is 9.01. The van der Waals surface area contributed by atoms with Gasteiger partial charge < -0.3 is 5.32 Å². The van der Waals surface area contributed by atoms with E-state index < -0.39 is 27.9 Å². The molecule has 3 aromatic carbocycles. The number of carbonyl (C=O) groups excluding carboxylic acids is 2. The number of hydrogen-bond acceptors (Lipinski definition) is 6. The van der Waals surface area contributed by atoms with Crippen molar-refractivity contribution < 1.29 is 18.0 Å². The lowest BCUT2D eigenvalue weighted by molar-refractivity contribution is -0.121. The van der Waals surface area contributed by atoms with Gasteiger partial charge in [-0.1, -0.05) is 54.1 Å². The zero-order valence-corrected chi connectivity index (χ0v) is 22.5. The summed E-state index contributed by atoms with van der Waals surface area (Å²) >= 11 is 6.99. The van der Waals surface area contributed by atoms with Crippen LogP contribution in [0.4, 0.5) is 0 Å². The summed E-state index contributed by atoms with van der Waals surface area (Å²) < 4.78 is 30.3. The van der Waals surface area contributed by atoms with Crippen LogP contribution in [-0.4, -0.2) is 24.8 Å². The van der Waals surface area contributed by atoms with Crippen LogP contribution in [0, 0.1) is 0 Å². The van der Waals surface area contributed by atoms with Gasteiger partial charge in [-0.15, -0.1) is 11.3 Å². The second kappa shape index (κ2) is 10.9. The fourth-order valence-electron chi connectivity index (χ4n) is 3.93. The lowest BCUT2D eigenvalue weighted by Gasteiger charge is -2.19. The van der Waals surface area contributed by atoms with E-state index >= 15 is 0 Å². The van der Waals surface area contributed by atoms with Gasteiger partial charge in [0.2, 0.25) is 0 Å². The van der Waals surface area contributed by atoms with Crippen molar-refractivity contribution in [3.05, 3.63) is 130 Å². The summed E-state index contributed by atoms with van der Waals surface area (Å²) in [6.07, 6.45) is 1.61. The molecule has 196 valence electrons. The molecule has 1 atom stereocenters. The zero-order chi connectivity index (χ0) is 27.6. The summed E-state index contributed by atoms with van der Waals surface area (Å²) in [5.41, 5.74) is 0.957. The standard InChI is InChI=1S/C28H20ClN3O5S2/c29-21-12-9-20-16-25(38-23(20)17-21)39(36,37)31-28(35)26(18-6-2-1-3-7-18)30-27(34)19-10-13-22(14-11-19)32-15-5-4-8-24(32)33/h1-17,26H,(H,30,34)(H,31,35). The Kier molecular flexibility index (Phi) is 7.34. The number of nitrogens with zero attached hydrogens (tertiary/aromatic N) is 1. The van der Waals surface area contributed by atoms with E-state index in [0.717, 1.165) is 11.3 Å². The van der Waals surface area contributed by atoms with Gasteiger partial charge in [-0.05, 0) is 59.5 Å². The normalized spacial score (nSPS) is 12.1. The number of nitrogens with one attached hydrogen (secondary N) is 2. The second-order valence-electron chi connectivity index (χ2n) is 8.49. The molecule has 0 radical (unpaired) electrons. The van der Waals surface area contributed by atoms with Gasteiger partial charge in [0, 0.05) is 33.2 Å². The smallest absolute Gasteiger partial charge is 0.273 e. The first-order valence-electron chi connectivity index (χ1n) is 11.6. The number of carbonyl (C=O) groups is 2. The third-order valence-electron chi connectivity index (χ3n) is 5.86. The Hall–Kier alpha value is -4.25. The Bertz CT molecular complexity index is 1850. The van der Waals surface area contributed by atoms with E-state index in [1.54, 1.807) is 79.0 Å². The molecule has 0 saturated heterocycles. The molecule has 2 N–H and O–H groups in total. The predicted molar refractivity (Wildman–Crippen MR) is 151 cm³/mol. The van der Waals surface area contributed by atoms with Crippen LogP contribution in [0.15, 0.2) is 112 Å². The van der Waals surface area contributed by atoms with Gasteiger partial charge in [0.25, 0.3) is 27.4 Å². The maximum absolute atomic E-state index is 13.3. The molecule has 11 heteroatoms. The molecule has 39 heavy (non-hydrogen) atoms. The van der Waals surface area contributed by atoms with Crippen molar-refractivity contribution in [1.29, 1.82) is 0 Å². The number of aromatic nitrogens is 1. The highest BCUT2D eigenvalue weighted by Crippen LogP contribution is 2.31. The van der Waals surface area contributed by atoms with Crippen molar-refractivity contribution in [2.24, 2.45) is 0 Å². The molecule has 0 bridgehead atoms. The van der Waals surface area contributed by atoms with Crippen molar-refractivity contribution >= 4 is 54.9 Å². The maximum atomic E-state index is 13.3. The van der Waals surface area contributed by atoms with E-state index in [4.69, 9.17) is 11.6 Å². The molecule has 8 nitrogen and oxygen atoms in total. The minimum atomic E-state index is -4.24. The van der Waals surface area contributed by atoms with Crippen molar-refractivity contribution in [2.45, 2.75) is 10.3 Å². The molecule has 0 aliphatic heterocycles. The van der Waals surface area contributed by atoms with Gasteiger partial charge in [-0.2, -0.15) is 0 Å². The Morgan fingerprint density at radius 2 is 1.59 bits per heavy atom. The van der Waals surface area contributed by atoms with Crippen LogP contribution in [-0.2, 0) is 14.8 Å². The molecule has 2 amide bonds. The largest absolute Gasteiger partial charge is 0.336 e. The van der Waals surface area contributed by atoms with Crippen LogP contribution in [0.1, 0.15) is 22.0 Å². The van der Waals surface area contributed by atoms with E-state index in [1.807, 2.05) is 0 Å². The first-order valence-corrected chi connectivity index (χ1v) is 14.3. The Balaban J connectivity index is 1.39. The van der Waals surface area contributed by atoms with Gasteiger partial charge in [0.1, 0.15) is 10.3 Å². The number of amides is 2. The van der Waals surface area contributed by atoms with Crippen LogP contribution in [0.3, 0.4) is 0 Å². The van der Waals surface area contributed by atoms with Crippen LogP contribution < -0.4 is 15.6 Å². The van der Waals surface area contributed by atoms with E-state index in [1.165, 1.54) is 28.8 Å². The fourth-order valence-corrected chi connectivity index (χ4v) is 6.60. The zero-order valence-electron chi connectivity index (χ0n) is 20.1. The van der Waals surface area contributed by atoms with E-state index in [0.29, 0.717) is 26.4 Å². The number of pyridine rings is 1. The quantitative estimate of drug-likeness (QED) is 0.291. The molecule has 2 aromatic heterocycles. The number of hydrogen-bond donors (Lipinski definition) is 2.